The summed E-state index contributed by atoms with van der Waals surface area (Å²) in [6.07, 6.45) is 5.50. The fraction of sp³-hybridized carbons (Fsp3) is 0.600. The summed E-state index contributed by atoms with van der Waals surface area (Å²) in [6.45, 7) is 10.5. The van der Waals surface area contributed by atoms with Crippen molar-refractivity contribution in [1.29, 1.82) is 0 Å². The highest BCUT2D eigenvalue weighted by Crippen LogP contribution is 2.40. The zero-order chi connectivity index (χ0) is 22.2. The van der Waals surface area contributed by atoms with Gasteiger partial charge in [0.25, 0.3) is 0 Å². The Kier molecular flexibility index (Phi) is 5.82. The van der Waals surface area contributed by atoms with Crippen LogP contribution in [0.3, 0.4) is 0 Å². The van der Waals surface area contributed by atoms with Gasteiger partial charge in [0.1, 0.15) is 12.4 Å². The molecule has 3 saturated heterocycles. The molecule has 0 radical (unpaired) electrons. The van der Waals surface area contributed by atoms with Crippen LogP contribution >= 0.6 is 0 Å². The van der Waals surface area contributed by atoms with Crippen molar-refractivity contribution in [3.8, 4) is 5.75 Å². The summed E-state index contributed by atoms with van der Waals surface area (Å²) in [5.74, 6) is 2.23. The number of hydrogen-bond acceptors (Lipinski definition) is 8. The summed E-state index contributed by atoms with van der Waals surface area (Å²) in [4.78, 5) is 14.7. The lowest BCUT2D eigenvalue weighted by Crippen LogP contribution is -2.42. The van der Waals surface area contributed by atoms with Crippen LogP contribution in [0.25, 0.3) is 0 Å². The number of anilines is 3. The first-order valence-electron chi connectivity index (χ1n) is 12.4. The van der Waals surface area contributed by atoms with Gasteiger partial charge in [-0.05, 0) is 58.0 Å². The number of likely N-dealkylation sites (tertiary alicyclic amines) is 1. The number of piperidine rings is 1. The van der Waals surface area contributed by atoms with Gasteiger partial charge in [-0.25, -0.2) is 4.98 Å². The van der Waals surface area contributed by atoms with Crippen LogP contribution in [0.15, 0.2) is 18.3 Å². The molecule has 2 aromatic heterocycles. The van der Waals surface area contributed by atoms with Crippen LogP contribution in [0, 0.1) is 6.92 Å². The molecule has 2 aromatic rings. The van der Waals surface area contributed by atoms with Crippen molar-refractivity contribution in [2.24, 2.45) is 0 Å². The van der Waals surface area contributed by atoms with Gasteiger partial charge in [0.2, 0.25) is 0 Å². The van der Waals surface area contributed by atoms with Crippen molar-refractivity contribution in [3.05, 3.63) is 35.3 Å². The van der Waals surface area contributed by atoms with Crippen molar-refractivity contribution in [3.63, 3.8) is 0 Å². The lowest BCUT2D eigenvalue weighted by molar-refractivity contribution is 0.122. The summed E-state index contributed by atoms with van der Waals surface area (Å²) in [5, 5.41) is 7.11. The minimum absolute atomic E-state index is 0.492. The summed E-state index contributed by atoms with van der Waals surface area (Å²) >= 11 is 0. The molecule has 0 bridgehead atoms. The van der Waals surface area contributed by atoms with Gasteiger partial charge in [-0.15, -0.1) is 0 Å². The van der Waals surface area contributed by atoms with E-state index in [9.17, 15) is 0 Å². The highest BCUT2D eigenvalue weighted by atomic mass is 16.5. The van der Waals surface area contributed by atoms with E-state index >= 15 is 0 Å². The molecule has 0 amide bonds. The Morgan fingerprint density at radius 1 is 1.09 bits per heavy atom. The Hall–Kier alpha value is -2.42. The highest BCUT2D eigenvalue weighted by molar-refractivity contribution is 5.73. The summed E-state index contributed by atoms with van der Waals surface area (Å²) < 4.78 is 11.9. The fourth-order valence-electron chi connectivity index (χ4n) is 5.79. The first-order valence-corrected chi connectivity index (χ1v) is 12.4. The minimum atomic E-state index is 0.492. The molecular weight excluding hydrogens is 416 g/mol. The normalized spacial score (nSPS) is 23.9. The number of pyridine rings is 2. The first-order chi connectivity index (χ1) is 16.3. The van der Waals surface area contributed by atoms with E-state index in [1.54, 1.807) is 0 Å². The van der Waals surface area contributed by atoms with Crippen molar-refractivity contribution >= 4 is 17.2 Å². The third kappa shape index (κ3) is 4.16. The Bertz CT molecular complexity index is 995. The maximum absolute atomic E-state index is 6.33. The van der Waals surface area contributed by atoms with E-state index < -0.39 is 0 Å². The van der Waals surface area contributed by atoms with Gasteiger partial charge < -0.3 is 25.0 Å². The van der Waals surface area contributed by atoms with Crippen molar-refractivity contribution < 1.29 is 9.47 Å². The predicted molar refractivity (Wildman–Crippen MR) is 129 cm³/mol. The van der Waals surface area contributed by atoms with Gasteiger partial charge in [-0.2, -0.15) is 0 Å². The van der Waals surface area contributed by atoms with Gasteiger partial charge >= 0.3 is 0 Å². The first kappa shape index (κ1) is 21.1. The fourth-order valence-corrected chi connectivity index (χ4v) is 5.79. The smallest absolute Gasteiger partial charge is 0.164 e. The van der Waals surface area contributed by atoms with Gasteiger partial charge in [-0.3, -0.25) is 9.88 Å². The standard InChI is InChI=1S/C25H34N6O2/c1-17-24-22(14-21(28-17)18-4-8-30(9-5-18)19-2-6-26-15-19)29-25-20(16-33-24)23(3-7-27-25)31-10-12-32-13-11-31/h3,7,14,18-19,26H,2,4-6,8-13,15-16H2,1H3,(H,27,29). The molecule has 176 valence electrons. The molecule has 1 atom stereocenters. The third-order valence-corrected chi connectivity index (χ3v) is 7.66. The average molecular weight is 451 g/mol. The molecule has 0 spiro atoms. The number of nitrogens with zero attached hydrogens (tertiary/aromatic N) is 4. The zero-order valence-corrected chi connectivity index (χ0v) is 19.5. The maximum atomic E-state index is 6.33. The molecule has 6 rings (SSSR count). The van der Waals surface area contributed by atoms with Crippen LogP contribution in [0.5, 0.6) is 5.75 Å². The molecule has 0 aliphatic carbocycles. The van der Waals surface area contributed by atoms with Crippen LogP contribution in [0.2, 0.25) is 0 Å². The van der Waals surface area contributed by atoms with Gasteiger partial charge in [0.05, 0.1) is 30.2 Å². The number of aromatic nitrogens is 2. The number of morpholine rings is 1. The quantitative estimate of drug-likeness (QED) is 0.740. The average Bonchev–Trinajstić information content (AvgIpc) is 3.32. The number of fused-ring (bicyclic) bond motifs is 2. The summed E-state index contributed by atoms with van der Waals surface area (Å²) in [5.41, 5.74) is 5.42. The number of hydrogen-bond donors (Lipinski definition) is 2. The highest BCUT2D eigenvalue weighted by Gasteiger charge is 2.30. The number of nitrogens with one attached hydrogen (secondary N) is 2. The molecule has 8 nitrogen and oxygen atoms in total. The van der Waals surface area contributed by atoms with Crippen LogP contribution < -0.4 is 20.3 Å². The van der Waals surface area contributed by atoms with E-state index in [1.165, 1.54) is 30.6 Å². The van der Waals surface area contributed by atoms with Crippen LogP contribution in [0.4, 0.5) is 17.2 Å². The minimum Gasteiger partial charge on any atom is -0.485 e. The second-order valence-electron chi connectivity index (χ2n) is 9.64. The summed E-state index contributed by atoms with van der Waals surface area (Å²) in [6, 6.07) is 5.01. The Morgan fingerprint density at radius 2 is 1.94 bits per heavy atom. The molecule has 3 fully saturated rings. The number of rotatable bonds is 3. The monoisotopic (exact) mass is 450 g/mol. The molecule has 0 aromatic carbocycles. The van der Waals surface area contributed by atoms with Gasteiger partial charge in [0.15, 0.2) is 5.75 Å². The summed E-state index contributed by atoms with van der Waals surface area (Å²) in [7, 11) is 0. The number of ether oxygens (including phenoxy) is 2. The Balaban J connectivity index is 1.23. The van der Waals surface area contributed by atoms with E-state index in [1.807, 2.05) is 6.20 Å². The van der Waals surface area contributed by atoms with E-state index in [0.717, 1.165) is 81.0 Å². The van der Waals surface area contributed by atoms with Crippen molar-refractivity contribution in [1.82, 2.24) is 20.2 Å². The molecule has 8 heteroatoms. The molecule has 33 heavy (non-hydrogen) atoms. The van der Waals surface area contributed by atoms with Gasteiger partial charge in [-0.1, -0.05) is 0 Å². The molecule has 0 saturated carbocycles. The second kappa shape index (κ2) is 9.08. The van der Waals surface area contributed by atoms with Crippen molar-refractivity contribution in [2.75, 3.05) is 62.7 Å². The Labute approximate surface area is 195 Å². The van der Waals surface area contributed by atoms with Crippen LogP contribution in [-0.4, -0.2) is 73.4 Å². The van der Waals surface area contributed by atoms with E-state index in [0.29, 0.717) is 18.6 Å². The maximum Gasteiger partial charge on any atom is 0.164 e. The van der Waals surface area contributed by atoms with E-state index in [4.69, 9.17) is 14.5 Å². The lowest BCUT2D eigenvalue weighted by atomic mass is 9.91. The van der Waals surface area contributed by atoms with Crippen LogP contribution in [-0.2, 0) is 11.3 Å². The van der Waals surface area contributed by atoms with Crippen LogP contribution in [0.1, 0.15) is 42.1 Å². The molecule has 4 aliphatic heterocycles. The van der Waals surface area contributed by atoms with Gasteiger partial charge in [0, 0.05) is 49.2 Å². The number of aryl methyl sites for hydroxylation is 1. The third-order valence-electron chi connectivity index (χ3n) is 7.66. The topological polar surface area (TPSA) is 74.8 Å². The SMILES string of the molecule is Cc1nc(C2CCN(C3CCNC3)CC2)cc2c1OCc1c(N3CCOCC3)ccnc1N2. The second-order valence-corrected chi connectivity index (χ2v) is 9.64. The lowest BCUT2D eigenvalue weighted by Gasteiger charge is -2.35. The molecule has 4 aliphatic rings. The Morgan fingerprint density at radius 3 is 2.73 bits per heavy atom. The zero-order valence-electron chi connectivity index (χ0n) is 19.5. The largest absolute Gasteiger partial charge is 0.485 e. The molecule has 2 N–H and O–H groups in total. The van der Waals surface area contributed by atoms with E-state index in [2.05, 4.69) is 44.5 Å². The molecule has 6 heterocycles. The predicted octanol–water partition coefficient (Wildman–Crippen LogP) is 2.80. The molecular formula is C25H34N6O2. The molecule has 1 unspecified atom stereocenters. The van der Waals surface area contributed by atoms with Crippen molar-refractivity contribution in [2.45, 2.75) is 44.8 Å². The van der Waals surface area contributed by atoms with E-state index in [-0.39, 0.29) is 0 Å².